The van der Waals surface area contributed by atoms with Crippen molar-refractivity contribution in [2.45, 2.75) is 26.7 Å². The summed E-state index contributed by atoms with van der Waals surface area (Å²) in [6, 6.07) is 6.53. The number of hydrogen-bond acceptors (Lipinski definition) is 6. The highest BCUT2D eigenvalue weighted by molar-refractivity contribution is 7.87. The first-order chi connectivity index (χ1) is 13.8. The van der Waals surface area contributed by atoms with Gasteiger partial charge in [-0.05, 0) is 63.0 Å². The van der Waals surface area contributed by atoms with Crippen LogP contribution in [0.4, 0.5) is 5.69 Å². The van der Waals surface area contributed by atoms with Crippen molar-refractivity contribution in [1.82, 2.24) is 14.6 Å². The van der Waals surface area contributed by atoms with Gasteiger partial charge in [-0.15, -0.1) is 0 Å². The van der Waals surface area contributed by atoms with Crippen LogP contribution in [0.5, 0.6) is 0 Å². The predicted molar refractivity (Wildman–Crippen MR) is 115 cm³/mol. The van der Waals surface area contributed by atoms with E-state index in [0.717, 1.165) is 55.7 Å². The average molecular weight is 417 g/mol. The van der Waals surface area contributed by atoms with Gasteiger partial charge in [-0.3, -0.25) is 4.98 Å². The fraction of sp³-hybridized carbons (Fsp3) is 0.500. The number of nitriles is 1. The number of fused-ring (bicyclic) bond motifs is 1. The van der Waals surface area contributed by atoms with Gasteiger partial charge in [-0.25, -0.2) is 9.86 Å². The van der Waals surface area contributed by atoms with Gasteiger partial charge in [-0.1, -0.05) is 0 Å². The molecule has 3 rings (SSSR count). The first-order valence-corrected chi connectivity index (χ1v) is 11.4. The third-order valence-electron chi connectivity index (χ3n) is 5.43. The second-order valence-corrected chi connectivity index (χ2v) is 8.94. The topological polar surface area (TPSA) is 115 Å². The number of pyridine rings is 1. The van der Waals surface area contributed by atoms with Crippen LogP contribution in [0.2, 0.25) is 0 Å². The molecule has 1 aromatic carbocycles. The van der Waals surface area contributed by atoms with Crippen LogP contribution in [0.3, 0.4) is 0 Å². The second-order valence-electron chi connectivity index (χ2n) is 7.56. The largest absolute Gasteiger partial charge is 0.369 e. The summed E-state index contributed by atoms with van der Waals surface area (Å²) in [4.78, 5) is 9.11. The summed E-state index contributed by atoms with van der Waals surface area (Å²) in [6.07, 6.45) is 3.35. The lowest BCUT2D eigenvalue weighted by Gasteiger charge is -2.26. The number of aromatic nitrogens is 1. The molecule has 1 fully saturated rings. The summed E-state index contributed by atoms with van der Waals surface area (Å²) < 4.78 is 24.3. The van der Waals surface area contributed by atoms with Gasteiger partial charge in [0.15, 0.2) is 0 Å². The third kappa shape index (κ3) is 5.42. The van der Waals surface area contributed by atoms with Gasteiger partial charge >= 0.3 is 0 Å². The molecule has 156 valence electrons. The fourth-order valence-corrected chi connectivity index (χ4v) is 4.22. The number of nitrogens with two attached hydrogens (primary N) is 1. The first kappa shape index (κ1) is 21.5. The van der Waals surface area contributed by atoms with Crippen LogP contribution < -0.4 is 14.8 Å². The lowest BCUT2D eigenvalue weighted by molar-refractivity contribution is 0.290. The number of hydrogen-bond donors (Lipinski definition) is 2. The van der Waals surface area contributed by atoms with Gasteiger partial charge in [0, 0.05) is 37.8 Å². The van der Waals surface area contributed by atoms with Crippen LogP contribution in [0.25, 0.3) is 10.9 Å². The summed E-state index contributed by atoms with van der Waals surface area (Å²) in [5, 5.41) is 15.7. The number of rotatable bonds is 6. The van der Waals surface area contributed by atoms with Crippen LogP contribution in [0.1, 0.15) is 29.5 Å². The molecule has 1 aromatic heterocycles. The minimum Gasteiger partial charge on any atom is -0.369 e. The SMILES string of the molecule is Cc1cc2ncc(C#N)c(N3CCCN(CCCNS(N)(=O)=O)CC3)c2cc1C. The van der Waals surface area contributed by atoms with E-state index in [1.54, 1.807) is 6.20 Å². The van der Waals surface area contributed by atoms with Crippen molar-refractivity contribution in [3.63, 3.8) is 0 Å². The molecule has 0 unspecified atom stereocenters. The van der Waals surface area contributed by atoms with Crippen molar-refractivity contribution < 1.29 is 8.42 Å². The zero-order valence-electron chi connectivity index (χ0n) is 17.0. The maximum absolute atomic E-state index is 11.0. The Kier molecular flexibility index (Phi) is 6.70. The lowest BCUT2D eigenvalue weighted by atomic mass is 10.0. The van der Waals surface area contributed by atoms with Gasteiger partial charge in [0.25, 0.3) is 10.2 Å². The smallest absolute Gasteiger partial charge is 0.274 e. The summed E-state index contributed by atoms with van der Waals surface area (Å²) in [5.41, 5.74) is 4.87. The third-order valence-corrected chi connectivity index (χ3v) is 6.04. The second kappa shape index (κ2) is 9.05. The van der Waals surface area contributed by atoms with E-state index in [1.807, 2.05) is 0 Å². The van der Waals surface area contributed by atoms with Crippen molar-refractivity contribution in [3.05, 3.63) is 35.0 Å². The maximum Gasteiger partial charge on any atom is 0.274 e. The van der Waals surface area contributed by atoms with Crippen molar-refractivity contribution in [2.75, 3.05) is 44.2 Å². The molecule has 0 bridgehead atoms. The van der Waals surface area contributed by atoms with E-state index in [4.69, 9.17) is 5.14 Å². The molecule has 1 aliphatic heterocycles. The quantitative estimate of drug-likeness (QED) is 0.688. The van der Waals surface area contributed by atoms with Crippen LogP contribution in [-0.2, 0) is 10.2 Å². The van der Waals surface area contributed by atoms with Crippen molar-refractivity contribution in [2.24, 2.45) is 5.14 Å². The zero-order valence-corrected chi connectivity index (χ0v) is 17.8. The highest BCUT2D eigenvalue weighted by atomic mass is 32.2. The number of nitrogens with zero attached hydrogens (tertiary/aromatic N) is 4. The van der Waals surface area contributed by atoms with Crippen LogP contribution in [-0.4, -0.2) is 57.6 Å². The van der Waals surface area contributed by atoms with Gasteiger partial charge < -0.3 is 9.80 Å². The molecule has 9 heteroatoms. The highest BCUT2D eigenvalue weighted by Crippen LogP contribution is 2.31. The van der Waals surface area contributed by atoms with E-state index in [-0.39, 0.29) is 0 Å². The number of aryl methyl sites for hydroxylation is 2. The molecule has 0 aliphatic carbocycles. The molecule has 0 atom stereocenters. The number of benzene rings is 1. The number of nitrogens with one attached hydrogen (secondary N) is 1. The molecule has 2 aromatic rings. The summed E-state index contributed by atoms with van der Waals surface area (Å²) in [7, 11) is -3.63. The molecule has 1 saturated heterocycles. The molecular formula is C20H28N6O2S. The monoisotopic (exact) mass is 416 g/mol. The van der Waals surface area contributed by atoms with E-state index in [0.29, 0.717) is 18.5 Å². The summed E-state index contributed by atoms with van der Waals surface area (Å²) in [5.74, 6) is 0. The van der Waals surface area contributed by atoms with Gasteiger partial charge in [0.2, 0.25) is 0 Å². The minimum atomic E-state index is -3.63. The molecule has 0 radical (unpaired) electrons. The molecule has 3 N–H and O–H groups in total. The molecular weight excluding hydrogens is 388 g/mol. The summed E-state index contributed by atoms with van der Waals surface area (Å²) >= 11 is 0. The van der Waals surface area contributed by atoms with E-state index in [2.05, 4.69) is 51.6 Å². The highest BCUT2D eigenvalue weighted by Gasteiger charge is 2.20. The standard InChI is InChI=1S/C20H28N6O2S/c1-15-11-18-19(12-16(15)2)23-14-17(13-21)20(18)26-8-4-7-25(9-10-26)6-3-5-24-29(22,27)28/h11-12,14,24H,3-10H2,1-2H3,(H2,22,27,28). The Bertz CT molecular complexity index is 1030. The van der Waals surface area contributed by atoms with Gasteiger partial charge in [-0.2, -0.15) is 13.7 Å². The Balaban J connectivity index is 1.75. The van der Waals surface area contributed by atoms with Gasteiger partial charge in [0.05, 0.1) is 16.8 Å². The lowest BCUT2D eigenvalue weighted by Crippen LogP contribution is -2.35. The number of anilines is 1. The van der Waals surface area contributed by atoms with Gasteiger partial charge in [0.1, 0.15) is 6.07 Å². The molecule has 1 aliphatic rings. The molecule has 0 spiro atoms. The van der Waals surface area contributed by atoms with Crippen LogP contribution >= 0.6 is 0 Å². The Morgan fingerprint density at radius 3 is 2.69 bits per heavy atom. The van der Waals surface area contributed by atoms with Crippen molar-refractivity contribution in [3.8, 4) is 6.07 Å². The zero-order chi connectivity index (χ0) is 21.0. The average Bonchev–Trinajstić information content (AvgIpc) is 2.90. The Labute approximate surface area is 172 Å². The Morgan fingerprint density at radius 1 is 1.21 bits per heavy atom. The van der Waals surface area contributed by atoms with Crippen molar-refractivity contribution >= 4 is 26.8 Å². The maximum atomic E-state index is 11.0. The predicted octanol–water partition coefficient (Wildman–Crippen LogP) is 1.42. The minimum absolute atomic E-state index is 0.339. The molecule has 8 nitrogen and oxygen atoms in total. The van der Waals surface area contributed by atoms with Crippen LogP contribution in [0.15, 0.2) is 18.3 Å². The Morgan fingerprint density at radius 2 is 1.97 bits per heavy atom. The van der Waals surface area contributed by atoms with E-state index < -0.39 is 10.2 Å². The Hall–Kier alpha value is -2.25. The van der Waals surface area contributed by atoms with E-state index in [1.165, 1.54) is 11.1 Å². The molecule has 0 amide bonds. The van der Waals surface area contributed by atoms with Crippen LogP contribution in [0, 0.1) is 25.2 Å². The van der Waals surface area contributed by atoms with E-state index in [9.17, 15) is 13.7 Å². The molecule has 0 saturated carbocycles. The first-order valence-electron chi connectivity index (χ1n) is 9.83. The van der Waals surface area contributed by atoms with Crippen molar-refractivity contribution in [1.29, 1.82) is 5.26 Å². The fourth-order valence-electron chi connectivity index (χ4n) is 3.80. The molecule has 2 heterocycles. The normalized spacial score (nSPS) is 16.0. The molecule has 29 heavy (non-hydrogen) atoms. The summed E-state index contributed by atoms with van der Waals surface area (Å²) in [6.45, 7) is 8.77. The van der Waals surface area contributed by atoms with E-state index >= 15 is 0 Å².